The van der Waals surface area contributed by atoms with Crippen molar-refractivity contribution in [2.75, 3.05) is 6.54 Å². The number of hydrogen-bond donors (Lipinski definition) is 0. The van der Waals surface area contributed by atoms with Gasteiger partial charge >= 0.3 is 0 Å². The molecule has 144 valence electrons. The molecule has 0 radical (unpaired) electrons. The molecule has 4 rings (SSSR count). The van der Waals surface area contributed by atoms with Gasteiger partial charge < -0.3 is 14.2 Å². The maximum absolute atomic E-state index is 13.0. The van der Waals surface area contributed by atoms with Crippen LogP contribution in [0, 0.1) is 13.8 Å². The number of likely N-dealkylation sites (tertiary alicyclic amines) is 1. The highest BCUT2D eigenvalue weighted by Gasteiger charge is 2.34. The second kappa shape index (κ2) is 7.42. The zero-order valence-electron chi connectivity index (χ0n) is 16.3. The Bertz CT molecular complexity index is 1010. The van der Waals surface area contributed by atoms with Gasteiger partial charge in [-0.3, -0.25) is 4.79 Å². The highest BCUT2D eigenvalue weighted by molar-refractivity contribution is 5.91. The van der Waals surface area contributed by atoms with Crippen molar-refractivity contribution < 1.29 is 9.53 Å². The summed E-state index contributed by atoms with van der Waals surface area (Å²) in [5.41, 5.74) is 1.85. The van der Waals surface area contributed by atoms with Crippen molar-refractivity contribution >= 4 is 5.91 Å². The van der Waals surface area contributed by atoms with E-state index in [-0.39, 0.29) is 11.9 Å². The van der Waals surface area contributed by atoms with Crippen LogP contribution in [0.5, 0.6) is 11.6 Å². The van der Waals surface area contributed by atoms with E-state index in [4.69, 9.17) is 4.74 Å². The number of carbonyl (C=O) groups is 1. The van der Waals surface area contributed by atoms with Crippen LogP contribution in [0.25, 0.3) is 0 Å². The molecule has 1 amide bonds. The molecule has 3 heterocycles. The lowest BCUT2D eigenvalue weighted by molar-refractivity contribution is 0.0713. The average molecular weight is 377 g/mol. The number of imidazole rings is 1. The van der Waals surface area contributed by atoms with Crippen LogP contribution in [0.3, 0.4) is 0 Å². The molecule has 0 N–H and O–H groups in total. The smallest absolute Gasteiger partial charge is 0.290 e. The molecule has 1 aliphatic rings. The maximum atomic E-state index is 13.0. The van der Waals surface area contributed by atoms with E-state index in [1.54, 1.807) is 17.0 Å². The van der Waals surface area contributed by atoms with Crippen LogP contribution in [-0.2, 0) is 7.05 Å². The number of carbonyl (C=O) groups excluding carboxylic acids is 1. The summed E-state index contributed by atoms with van der Waals surface area (Å²) in [5.74, 6) is 2.20. The Labute approximate surface area is 164 Å². The summed E-state index contributed by atoms with van der Waals surface area (Å²) in [6.45, 7) is 4.58. The fourth-order valence-electron chi connectivity index (χ4n) is 3.53. The summed E-state index contributed by atoms with van der Waals surface area (Å²) >= 11 is 0. The van der Waals surface area contributed by atoms with Gasteiger partial charge in [0.1, 0.15) is 5.75 Å². The first-order chi connectivity index (χ1) is 13.5. The summed E-state index contributed by atoms with van der Waals surface area (Å²) in [7, 11) is 1.82. The van der Waals surface area contributed by atoms with Gasteiger partial charge in [-0.1, -0.05) is 18.2 Å². The van der Waals surface area contributed by atoms with Crippen LogP contribution < -0.4 is 4.74 Å². The van der Waals surface area contributed by atoms with Gasteiger partial charge in [0.05, 0.1) is 6.04 Å². The molecular weight excluding hydrogens is 354 g/mol. The molecule has 1 aliphatic heterocycles. The number of aromatic nitrogens is 4. The predicted molar refractivity (Wildman–Crippen MR) is 104 cm³/mol. The number of rotatable bonds is 4. The minimum Gasteiger partial charge on any atom is -0.439 e. The van der Waals surface area contributed by atoms with Gasteiger partial charge in [-0.05, 0) is 38.3 Å². The quantitative estimate of drug-likeness (QED) is 0.695. The third-order valence-corrected chi connectivity index (χ3v) is 4.98. The van der Waals surface area contributed by atoms with Crippen molar-refractivity contribution in [1.29, 1.82) is 0 Å². The number of para-hydroxylation sites is 1. The number of amides is 1. The lowest BCUT2D eigenvalue weighted by Crippen LogP contribution is -2.33. The molecule has 2 aromatic heterocycles. The normalized spacial score (nSPS) is 16.4. The molecule has 3 aromatic rings. The van der Waals surface area contributed by atoms with Crippen molar-refractivity contribution in [3.05, 3.63) is 65.6 Å². The van der Waals surface area contributed by atoms with Crippen molar-refractivity contribution in [2.24, 2.45) is 7.05 Å². The average Bonchev–Trinajstić information content (AvgIpc) is 3.32. The van der Waals surface area contributed by atoms with Crippen molar-refractivity contribution in [2.45, 2.75) is 32.7 Å². The fraction of sp³-hybridized carbons (Fsp3) is 0.333. The van der Waals surface area contributed by atoms with Crippen LogP contribution in [0.2, 0.25) is 0 Å². The number of ether oxygens (including phenoxy) is 1. The minimum absolute atomic E-state index is 0.0959. The molecule has 1 aromatic carbocycles. The third kappa shape index (κ3) is 3.47. The molecule has 1 saturated heterocycles. The van der Waals surface area contributed by atoms with Crippen molar-refractivity contribution in [3.63, 3.8) is 0 Å². The monoisotopic (exact) mass is 377 g/mol. The van der Waals surface area contributed by atoms with Gasteiger partial charge in [0, 0.05) is 37.7 Å². The van der Waals surface area contributed by atoms with Crippen LogP contribution in [-0.4, -0.2) is 36.9 Å². The van der Waals surface area contributed by atoms with Crippen LogP contribution >= 0.6 is 0 Å². The second-order valence-electron chi connectivity index (χ2n) is 7.09. The van der Waals surface area contributed by atoms with E-state index in [0.717, 1.165) is 29.8 Å². The van der Waals surface area contributed by atoms with E-state index >= 15 is 0 Å². The Morgan fingerprint density at radius 2 is 2.04 bits per heavy atom. The molecular formula is C21H23N5O2. The molecule has 1 unspecified atom stereocenters. The Hall–Kier alpha value is -3.22. The highest BCUT2D eigenvalue weighted by Crippen LogP contribution is 2.33. The molecule has 28 heavy (non-hydrogen) atoms. The van der Waals surface area contributed by atoms with Gasteiger partial charge in [0.15, 0.2) is 11.6 Å². The maximum Gasteiger partial charge on any atom is 0.290 e. The molecule has 1 atom stereocenters. The van der Waals surface area contributed by atoms with Gasteiger partial charge in [-0.15, -0.1) is 0 Å². The minimum atomic E-state index is -0.177. The van der Waals surface area contributed by atoms with Gasteiger partial charge in [-0.25, -0.2) is 9.97 Å². The Morgan fingerprint density at radius 3 is 2.79 bits per heavy atom. The first-order valence-electron chi connectivity index (χ1n) is 9.40. The molecule has 0 saturated carbocycles. The zero-order chi connectivity index (χ0) is 19.7. The number of aryl methyl sites for hydroxylation is 3. The molecule has 0 spiro atoms. The molecule has 7 heteroatoms. The van der Waals surface area contributed by atoms with E-state index in [9.17, 15) is 4.79 Å². The molecule has 0 aliphatic carbocycles. The Balaban J connectivity index is 1.63. The Kier molecular flexibility index (Phi) is 4.81. The summed E-state index contributed by atoms with van der Waals surface area (Å²) in [4.78, 5) is 28.2. The van der Waals surface area contributed by atoms with Gasteiger partial charge in [0.25, 0.3) is 5.91 Å². The summed E-state index contributed by atoms with van der Waals surface area (Å²) < 4.78 is 7.74. The zero-order valence-corrected chi connectivity index (χ0v) is 16.3. The second-order valence-corrected chi connectivity index (χ2v) is 7.09. The largest absolute Gasteiger partial charge is 0.439 e. The van der Waals surface area contributed by atoms with Gasteiger partial charge in [0.2, 0.25) is 5.88 Å². The van der Waals surface area contributed by atoms with Crippen LogP contribution in [0.4, 0.5) is 0 Å². The topological polar surface area (TPSA) is 73.1 Å². The summed E-state index contributed by atoms with van der Waals surface area (Å²) in [6.07, 6.45) is 5.14. The van der Waals surface area contributed by atoms with E-state index in [1.165, 1.54) is 0 Å². The van der Waals surface area contributed by atoms with E-state index < -0.39 is 0 Å². The van der Waals surface area contributed by atoms with Gasteiger partial charge in [-0.2, -0.15) is 4.98 Å². The summed E-state index contributed by atoms with van der Waals surface area (Å²) in [6, 6.07) is 9.45. The Morgan fingerprint density at radius 1 is 1.21 bits per heavy atom. The lowest BCUT2D eigenvalue weighted by Gasteiger charge is -2.23. The molecule has 7 nitrogen and oxygen atoms in total. The standard InChI is InChI=1S/C21H23N5O2/c1-14-7-4-5-9-17(14)28-18-13-15(2)23-19(24-18)16-8-6-11-26(16)21(27)20-22-10-12-25(20)3/h4-5,7,9-10,12-13,16H,6,8,11H2,1-3H3. The van der Waals surface area contributed by atoms with Crippen molar-refractivity contribution in [1.82, 2.24) is 24.4 Å². The fourth-order valence-corrected chi connectivity index (χ4v) is 3.53. The third-order valence-electron chi connectivity index (χ3n) is 4.98. The highest BCUT2D eigenvalue weighted by atomic mass is 16.5. The van der Waals surface area contributed by atoms with E-state index in [1.807, 2.05) is 56.1 Å². The number of benzene rings is 1. The molecule has 0 bridgehead atoms. The molecule has 1 fully saturated rings. The van der Waals surface area contributed by atoms with E-state index in [0.29, 0.717) is 24.1 Å². The van der Waals surface area contributed by atoms with Crippen LogP contribution in [0.1, 0.15) is 46.6 Å². The first kappa shape index (κ1) is 18.2. The number of hydrogen-bond acceptors (Lipinski definition) is 5. The number of nitrogens with zero attached hydrogens (tertiary/aromatic N) is 5. The van der Waals surface area contributed by atoms with Crippen molar-refractivity contribution in [3.8, 4) is 11.6 Å². The van der Waals surface area contributed by atoms with E-state index in [2.05, 4.69) is 15.0 Å². The first-order valence-corrected chi connectivity index (χ1v) is 9.40. The predicted octanol–water partition coefficient (Wildman–Crippen LogP) is 3.60. The van der Waals surface area contributed by atoms with Crippen LogP contribution in [0.15, 0.2) is 42.7 Å². The lowest BCUT2D eigenvalue weighted by atomic mass is 10.2. The SMILES string of the molecule is Cc1cc(Oc2ccccc2C)nc(C2CCCN2C(=O)c2nccn2C)n1. The summed E-state index contributed by atoms with van der Waals surface area (Å²) in [5, 5.41) is 0.